The SMILES string of the molecule is CC1(C)CC(=O)C2=C(C1)Nc1[nH]c(=O)[nH]c(=O)c1[C@@H]2c1ccc(-c2cc(Cl)ccc2Cl)o1. The van der Waals surface area contributed by atoms with Crippen molar-refractivity contribution < 1.29 is 9.21 Å². The van der Waals surface area contributed by atoms with Crippen molar-refractivity contribution in [3.63, 3.8) is 0 Å². The molecule has 0 saturated heterocycles. The number of H-pyrrole nitrogens is 2. The lowest BCUT2D eigenvalue weighted by Crippen LogP contribution is -2.38. The van der Waals surface area contributed by atoms with Crippen molar-refractivity contribution in [2.45, 2.75) is 32.6 Å². The number of furan rings is 1. The lowest BCUT2D eigenvalue weighted by molar-refractivity contribution is -0.118. The van der Waals surface area contributed by atoms with Gasteiger partial charge in [0, 0.05) is 28.3 Å². The highest BCUT2D eigenvalue weighted by Crippen LogP contribution is 2.48. The fourth-order valence-electron chi connectivity index (χ4n) is 4.57. The van der Waals surface area contributed by atoms with Gasteiger partial charge in [0.25, 0.3) is 5.56 Å². The number of hydrogen-bond acceptors (Lipinski definition) is 5. The second-order valence-corrected chi connectivity index (χ2v) is 9.76. The van der Waals surface area contributed by atoms with E-state index in [-0.39, 0.29) is 22.6 Å². The number of halogens is 2. The first-order valence-electron chi connectivity index (χ1n) is 10.1. The van der Waals surface area contributed by atoms with Crippen LogP contribution in [0.15, 0.2) is 55.6 Å². The van der Waals surface area contributed by atoms with Gasteiger partial charge in [-0.1, -0.05) is 37.0 Å². The van der Waals surface area contributed by atoms with E-state index >= 15 is 0 Å². The summed E-state index contributed by atoms with van der Waals surface area (Å²) in [5.41, 5.74) is 0.529. The molecule has 3 N–H and O–H groups in total. The Balaban J connectivity index is 1.72. The number of ketones is 1. The number of aromatic amines is 2. The maximum atomic E-state index is 13.2. The van der Waals surface area contributed by atoms with E-state index in [1.165, 1.54) is 0 Å². The van der Waals surface area contributed by atoms with E-state index in [1.807, 2.05) is 13.8 Å². The molecule has 0 radical (unpaired) electrons. The van der Waals surface area contributed by atoms with Gasteiger partial charge in [-0.2, -0.15) is 0 Å². The quantitative estimate of drug-likeness (QED) is 0.495. The predicted octanol–water partition coefficient (Wildman–Crippen LogP) is 4.83. The second-order valence-electron chi connectivity index (χ2n) is 8.91. The van der Waals surface area contributed by atoms with Crippen LogP contribution in [0.5, 0.6) is 0 Å². The molecule has 2 aliphatic rings. The fourth-order valence-corrected chi connectivity index (χ4v) is 4.95. The molecule has 0 fully saturated rings. The van der Waals surface area contributed by atoms with Gasteiger partial charge in [0.2, 0.25) is 0 Å². The zero-order valence-corrected chi connectivity index (χ0v) is 18.8. The molecule has 0 bridgehead atoms. The number of hydrogen-bond donors (Lipinski definition) is 3. The average molecular weight is 472 g/mol. The highest BCUT2D eigenvalue weighted by Gasteiger charge is 2.43. The lowest BCUT2D eigenvalue weighted by atomic mass is 9.70. The molecule has 9 heteroatoms. The Hall–Kier alpha value is -3.03. The summed E-state index contributed by atoms with van der Waals surface area (Å²) in [6.07, 6.45) is 0.931. The van der Waals surface area contributed by atoms with E-state index in [2.05, 4.69) is 15.3 Å². The minimum Gasteiger partial charge on any atom is -0.460 e. The molecule has 0 unspecified atom stereocenters. The smallest absolute Gasteiger partial charge is 0.327 e. The normalized spacial score (nSPS) is 19.4. The largest absolute Gasteiger partial charge is 0.460 e. The molecule has 2 aromatic heterocycles. The number of carbonyl (C=O) groups is 1. The van der Waals surface area contributed by atoms with Crippen LogP contribution in [0.4, 0.5) is 5.82 Å². The first-order chi connectivity index (χ1) is 15.1. The van der Waals surface area contributed by atoms with Crippen molar-refractivity contribution in [3.05, 3.63) is 83.8 Å². The Bertz CT molecular complexity index is 1430. The Kier molecular flexibility index (Phi) is 4.72. The van der Waals surface area contributed by atoms with Crippen molar-refractivity contribution in [1.82, 2.24) is 9.97 Å². The average Bonchev–Trinajstić information content (AvgIpc) is 3.16. The zero-order valence-electron chi connectivity index (χ0n) is 17.3. The van der Waals surface area contributed by atoms with Crippen LogP contribution in [0.3, 0.4) is 0 Å². The molecule has 1 atom stereocenters. The summed E-state index contributed by atoms with van der Waals surface area (Å²) in [5, 5.41) is 4.08. The third-order valence-electron chi connectivity index (χ3n) is 5.86. The maximum Gasteiger partial charge on any atom is 0.327 e. The number of Topliss-reactive ketones (excluding diaryl/α,β-unsaturated/α-hetero) is 1. The monoisotopic (exact) mass is 471 g/mol. The second kappa shape index (κ2) is 7.25. The standard InChI is InChI=1S/C23H19Cl2N3O4/c1-23(2)8-13-17(14(29)9-23)18(19-20(26-13)27-22(31)28-21(19)30)16-6-5-15(32-16)11-7-10(24)3-4-12(11)25/h3-7,18H,8-9H2,1-2H3,(H3,26,27,28,30,31)/t18-/m1/s1. The number of nitrogens with one attached hydrogen (secondary N) is 3. The molecular weight excluding hydrogens is 453 g/mol. The van der Waals surface area contributed by atoms with Crippen molar-refractivity contribution >= 4 is 34.8 Å². The molecule has 164 valence electrons. The number of anilines is 1. The number of benzene rings is 1. The van der Waals surface area contributed by atoms with E-state index in [1.54, 1.807) is 30.3 Å². The third kappa shape index (κ3) is 3.42. The van der Waals surface area contributed by atoms with E-state index < -0.39 is 17.2 Å². The number of aromatic nitrogens is 2. The third-order valence-corrected chi connectivity index (χ3v) is 6.42. The van der Waals surface area contributed by atoms with Gasteiger partial charge in [-0.25, -0.2) is 4.79 Å². The number of rotatable bonds is 2. The molecule has 0 saturated carbocycles. The number of fused-ring (bicyclic) bond motifs is 1. The van der Waals surface area contributed by atoms with Gasteiger partial charge >= 0.3 is 5.69 Å². The van der Waals surface area contributed by atoms with Crippen LogP contribution in [-0.4, -0.2) is 15.8 Å². The van der Waals surface area contributed by atoms with Crippen molar-refractivity contribution in [2.24, 2.45) is 5.41 Å². The molecule has 32 heavy (non-hydrogen) atoms. The van der Waals surface area contributed by atoms with Gasteiger partial charge < -0.3 is 9.73 Å². The summed E-state index contributed by atoms with van der Waals surface area (Å²) in [4.78, 5) is 42.9. The lowest BCUT2D eigenvalue weighted by Gasteiger charge is -2.37. The molecule has 1 aromatic carbocycles. The molecule has 0 amide bonds. The summed E-state index contributed by atoms with van der Waals surface area (Å²) in [7, 11) is 0. The zero-order chi connectivity index (χ0) is 22.8. The van der Waals surface area contributed by atoms with Crippen LogP contribution in [0, 0.1) is 5.41 Å². The molecule has 0 spiro atoms. The Morgan fingerprint density at radius 3 is 2.59 bits per heavy atom. The van der Waals surface area contributed by atoms with Gasteiger partial charge in [-0.15, -0.1) is 0 Å². The first kappa shape index (κ1) is 20.8. The highest BCUT2D eigenvalue weighted by molar-refractivity contribution is 6.35. The van der Waals surface area contributed by atoms with Crippen LogP contribution in [0.25, 0.3) is 11.3 Å². The first-order valence-corrected chi connectivity index (χ1v) is 10.8. The molecular formula is C23H19Cl2N3O4. The predicted molar refractivity (Wildman–Crippen MR) is 122 cm³/mol. The highest BCUT2D eigenvalue weighted by atomic mass is 35.5. The summed E-state index contributed by atoms with van der Waals surface area (Å²) in [5.74, 6) is 0.295. The van der Waals surface area contributed by atoms with Crippen molar-refractivity contribution in [3.8, 4) is 11.3 Å². The van der Waals surface area contributed by atoms with Crippen molar-refractivity contribution in [2.75, 3.05) is 5.32 Å². The van der Waals surface area contributed by atoms with Gasteiger partial charge in [0.1, 0.15) is 17.3 Å². The van der Waals surface area contributed by atoms with Crippen molar-refractivity contribution in [1.29, 1.82) is 0 Å². The molecule has 1 aliphatic carbocycles. The van der Waals surface area contributed by atoms with Crippen LogP contribution < -0.4 is 16.6 Å². The van der Waals surface area contributed by atoms with Crippen LogP contribution in [0.2, 0.25) is 10.0 Å². The van der Waals surface area contributed by atoms with Gasteiger partial charge in [0.05, 0.1) is 16.5 Å². The minimum atomic E-state index is -0.767. The fraction of sp³-hybridized carbons (Fsp3) is 0.261. The number of carbonyl (C=O) groups excluding carboxylic acids is 1. The van der Waals surface area contributed by atoms with E-state index in [0.29, 0.717) is 51.2 Å². The van der Waals surface area contributed by atoms with E-state index in [4.69, 9.17) is 27.6 Å². The Morgan fingerprint density at radius 1 is 1.03 bits per heavy atom. The minimum absolute atomic E-state index is 0.0660. The van der Waals surface area contributed by atoms with Crippen LogP contribution in [0.1, 0.15) is 43.9 Å². The maximum absolute atomic E-state index is 13.2. The van der Waals surface area contributed by atoms with E-state index in [0.717, 1.165) is 0 Å². The Labute approximate surface area is 192 Å². The molecule has 3 heterocycles. The van der Waals surface area contributed by atoms with Crippen LogP contribution >= 0.6 is 23.2 Å². The van der Waals surface area contributed by atoms with Crippen LogP contribution in [-0.2, 0) is 4.79 Å². The molecule has 5 rings (SSSR count). The molecule has 1 aliphatic heterocycles. The van der Waals surface area contributed by atoms with E-state index in [9.17, 15) is 14.4 Å². The summed E-state index contributed by atoms with van der Waals surface area (Å²) >= 11 is 12.4. The number of allylic oxidation sites excluding steroid dienone is 2. The molecule has 3 aromatic rings. The summed E-state index contributed by atoms with van der Waals surface area (Å²) in [6.45, 7) is 4.02. The Morgan fingerprint density at radius 2 is 1.81 bits per heavy atom. The van der Waals surface area contributed by atoms with Gasteiger partial charge in [-0.05, 0) is 42.2 Å². The van der Waals surface area contributed by atoms with Gasteiger partial charge in [0.15, 0.2) is 5.78 Å². The topological polar surface area (TPSA) is 108 Å². The molecule has 7 nitrogen and oxygen atoms in total. The summed E-state index contributed by atoms with van der Waals surface area (Å²) in [6, 6.07) is 8.48. The summed E-state index contributed by atoms with van der Waals surface area (Å²) < 4.78 is 6.13. The van der Waals surface area contributed by atoms with Gasteiger partial charge in [-0.3, -0.25) is 19.6 Å².